The van der Waals surface area contributed by atoms with Gasteiger partial charge in [-0.05, 0) is 6.92 Å². The van der Waals surface area contributed by atoms with E-state index in [0.717, 1.165) is 0 Å². The van der Waals surface area contributed by atoms with Crippen LogP contribution in [0.4, 0.5) is 0 Å². The van der Waals surface area contributed by atoms with Crippen LogP contribution in [0.25, 0.3) is 0 Å². The molecular weight excluding hydrogens is 127 g/mol. The standard InChI is InChI=1S/C4H7O3P/c1-4(5)2-3-8(6)7/h2-3H2,1H3. The molecule has 0 aromatic rings. The lowest BCUT2D eigenvalue weighted by atomic mass is 10.4. The fraction of sp³-hybridized carbons (Fsp3) is 0.750. The van der Waals surface area contributed by atoms with Crippen molar-refractivity contribution in [3.63, 3.8) is 0 Å². The van der Waals surface area contributed by atoms with Gasteiger partial charge in [-0.1, -0.05) is 4.57 Å². The number of carbonyl (C=O) groups is 1. The summed E-state index contributed by atoms with van der Waals surface area (Å²) < 4.78 is 9.79. The summed E-state index contributed by atoms with van der Waals surface area (Å²) in [6.07, 6.45) is 0.142. The van der Waals surface area contributed by atoms with Gasteiger partial charge in [0.2, 0.25) is 0 Å². The zero-order chi connectivity index (χ0) is 6.57. The third kappa shape index (κ3) is 5.73. The number of Topliss-reactive ketones (excluding diaryl/α,β-unsaturated/α-hetero) is 1. The minimum Gasteiger partial charge on any atom is -0.596 e. The van der Waals surface area contributed by atoms with Crippen LogP contribution in [0.1, 0.15) is 13.3 Å². The summed E-state index contributed by atoms with van der Waals surface area (Å²) in [7, 11) is -2.35. The van der Waals surface area contributed by atoms with E-state index in [1.807, 2.05) is 0 Å². The molecule has 46 valence electrons. The Morgan fingerprint density at radius 3 is 2.38 bits per heavy atom. The van der Waals surface area contributed by atoms with Crippen LogP contribution in [0.5, 0.6) is 0 Å². The molecule has 0 saturated carbocycles. The van der Waals surface area contributed by atoms with Crippen molar-refractivity contribution >= 4 is 13.8 Å². The summed E-state index contributed by atoms with van der Waals surface area (Å²) in [5.74, 6) is -0.0794. The Balaban J connectivity index is 3.18. The molecule has 0 amide bonds. The Labute approximate surface area is 48.6 Å². The quantitative estimate of drug-likeness (QED) is 0.513. The molecule has 1 unspecified atom stereocenters. The van der Waals surface area contributed by atoms with Gasteiger partial charge in [-0.3, -0.25) is 4.79 Å². The molecule has 0 aliphatic heterocycles. The van der Waals surface area contributed by atoms with Crippen molar-refractivity contribution < 1.29 is 14.3 Å². The van der Waals surface area contributed by atoms with Gasteiger partial charge in [0.1, 0.15) is 11.9 Å². The lowest BCUT2D eigenvalue weighted by Crippen LogP contribution is -1.96. The van der Waals surface area contributed by atoms with E-state index in [1.54, 1.807) is 0 Å². The molecule has 0 rings (SSSR count). The van der Waals surface area contributed by atoms with Crippen LogP contribution in [0, 0.1) is 0 Å². The Hall–Kier alpha value is -0.270. The zero-order valence-electron chi connectivity index (χ0n) is 4.59. The third-order valence-corrected chi connectivity index (χ3v) is 1.24. The predicted octanol–water partition coefficient (Wildman–Crippen LogP) is 0.0682. The summed E-state index contributed by atoms with van der Waals surface area (Å²) >= 11 is 0. The number of ketones is 1. The molecular formula is C4H7O3P. The molecule has 3 nitrogen and oxygen atoms in total. The number of rotatable bonds is 3. The fourth-order valence-corrected chi connectivity index (χ4v) is 0.746. The molecule has 0 bridgehead atoms. The van der Waals surface area contributed by atoms with Crippen LogP contribution in [0.3, 0.4) is 0 Å². The van der Waals surface area contributed by atoms with E-state index in [9.17, 15) is 14.3 Å². The van der Waals surface area contributed by atoms with E-state index in [0.29, 0.717) is 0 Å². The first-order valence-electron chi connectivity index (χ1n) is 2.24. The molecule has 0 aromatic carbocycles. The Morgan fingerprint density at radius 1 is 1.75 bits per heavy atom. The first-order valence-corrected chi connectivity index (χ1v) is 3.60. The van der Waals surface area contributed by atoms with Crippen molar-refractivity contribution in [2.75, 3.05) is 6.16 Å². The maximum Gasteiger partial charge on any atom is 0.309 e. The van der Waals surface area contributed by atoms with Crippen LogP contribution in [-0.4, -0.2) is 11.9 Å². The van der Waals surface area contributed by atoms with Crippen molar-refractivity contribution in [3.8, 4) is 0 Å². The van der Waals surface area contributed by atoms with Crippen molar-refractivity contribution in [2.45, 2.75) is 13.3 Å². The smallest absolute Gasteiger partial charge is 0.309 e. The molecule has 0 aliphatic rings. The van der Waals surface area contributed by atoms with Crippen LogP contribution in [0.15, 0.2) is 0 Å². The topological polar surface area (TPSA) is 57.2 Å². The average molecular weight is 134 g/mol. The molecule has 1 atom stereocenters. The van der Waals surface area contributed by atoms with Gasteiger partial charge in [-0.2, -0.15) is 0 Å². The van der Waals surface area contributed by atoms with Gasteiger partial charge in [-0.25, -0.2) is 0 Å². The summed E-state index contributed by atoms with van der Waals surface area (Å²) in [5.41, 5.74) is 0. The van der Waals surface area contributed by atoms with E-state index in [1.165, 1.54) is 6.92 Å². The maximum absolute atomic E-state index is 10.1. The van der Waals surface area contributed by atoms with Gasteiger partial charge in [0.15, 0.2) is 0 Å². The van der Waals surface area contributed by atoms with Gasteiger partial charge in [0, 0.05) is 6.42 Å². The zero-order valence-corrected chi connectivity index (χ0v) is 5.48. The Bertz CT molecular complexity index is 95.9. The molecule has 0 aliphatic carbocycles. The van der Waals surface area contributed by atoms with Gasteiger partial charge in [-0.15, -0.1) is 0 Å². The van der Waals surface area contributed by atoms with Crippen molar-refractivity contribution in [2.24, 2.45) is 0 Å². The Morgan fingerprint density at radius 2 is 2.25 bits per heavy atom. The normalized spacial score (nSPS) is 11.0. The first kappa shape index (κ1) is 7.73. The van der Waals surface area contributed by atoms with Crippen molar-refractivity contribution in [1.82, 2.24) is 0 Å². The molecule has 0 saturated heterocycles. The first-order chi connectivity index (χ1) is 3.63. The second-order valence-electron chi connectivity index (χ2n) is 1.51. The molecule has 0 radical (unpaired) electrons. The molecule has 4 heteroatoms. The highest BCUT2D eigenvalue weighted by molar-refractivity contribution is 7.36. The molecule has 0 fully saturated rings. The van der Waals surface area contributed by atoms with Crippen LogP contribution >= 0.6 is 8.03 Å². The van der Waals surface area contributed by atoms with Crippen molar-refractivity contribution in [1.29, 1.82) is 0 Å². The highest BCUT2D eigenvalue weighted by Gasteiger charge is 2.01. The largest absolute Gasteiger partial charge is 0.596 e. The average Bonchev–Trinajstić information content (AvgIpc) is 1.61. The number of hydrogen-bond donors (Lipinski definition) is 0. The van der Waals surface area contributed by atoms with E-state index >= 15 is 0 Å². The monoisotopic (exact) mass is 134 g/mol. The summed E-state index contributed by atoms with van der Waals surface area (Å²) in [4.78, 5) is 19.9. The highest BCUT2D eigenvalue weighted by Crippen LogP contribution is 2.07. The minimum absolute atomic E-state index is 0.00926. The van der Waals surface area contributed by atoms with E-state index < -0.39 is 8.03 Å². The van der Waals surface area contributed by atoms with Crippen molar-refractivity contribution in [3.05, 3.63) is 0 Å². The Kier molecular flexibility index (Phi) is 3.57. The van der Waals surface area contributed by atoms with E-state index in [2.05, 4.69) is 0 Å². The second kappa shape index (κ2) is 3.70. The van der Waals surface area contributed by atoms with Gasteiger partial charge in [0.25, 0.3) is 0 Å². The molecule has 0 aromatic heterocycles. The van der Waals surface area contributed by atoms with Crippen LogP contribution in [0.2, 0.25) is 0 Å². The van der Waals surface area contributed by atoms with Gasteiger partial charge >= 0.3 is 8.03 Å². The number of carbonyl (C=O) groups excluding carboxylic acids is 1. The van der Waals surface area contributed by atoms with Crippen LogP contribution < -0.4 is 4.89 Å². The highest BCUT2D eigenvalue weighted by atomic mass is 31.1. The fourth-order valence-electron chi connectivity index (χ4n) is 0.249. The molecule has 8 heavy (non-hydrogen) atoms. The molecule has 0 spiro atoms. The maximum atomic E-state index is 10.1. The SMILES string of the molecule is CC(=O)CC[P+](=O)[O-]. The minimum atomic E-state index is -2.35. The second-order valence-corrected chi connectivity index (χ2v) is 2.62. The van der Waals surface area contributed by atoms with Gasteiger partial charge in [0.05, 0.1) is 0 Å². The molecule has 0 N–H and O–H groups in total. The molecule has 0 heterocycles. The van der Waals surface area contributed by atoms with Crippen LogP contribution in [-0.2, 0) is 9.36 Å². The number of hydrogen-bond acceptors (Lipinski definition) is 3. The third-order valence-electron chi connectivity index (χ3n) is 0.646. The van der Waals surface area contributed by atoms with E-state index in [4.69, 9.17) is 0 Å². The van der Waals surface area contributed by atoms with Gasteiger partial charge < -0.3 is 4.89 Å². The summed E-state index contributed by atoms with van der Waals surface area (Å²) in [5, 5.41) is 0. The predicted molar refractivity (Wildman–Crippen MR) is 27.8 cm³/mol. The summed E-state index contributed by atoms with van der Waals surface area (Å²) in [6, 6.07) is 0. The lowest BCUT2D eigenvalue weighted by Gasteiger charge is -1.83. The lowest BCUT2D eigenvalue weighted by molar-refractivity contribution is -0.164. The van der Waals surface area contributed by atoms with E-state index in [-0.39, 0.29) is 18.4 Å². The summed E-state index contributed by atoms with van der Waals surface area (Å²) in [6.45, 7) is 1.37.